The maximum absolute atomic E-state index is 12.9. The molecule has 4 nitrogen and oxygen atoms in total. The molecule has 20 heavy (non-hydrogen) atoms. The Hall–Kier alpha value is -2.01. The van der Waals surface area contributed by atoms with E-state index in [1.807, 2.05) is 18.7 Å². The van der Waals surface area contributed by atoms with Crippen LogP contribution in [0.25, 0.3) is 0 Å². The molecule has 5 heteroatoms. The Morgan fingerprint density at radius 2 is 1.85 bits per heavy atom. The van der Waals surface area contributed by atoms with E-state index in [9.17, 15) is 9.50 Å². The lowest BCUT2D eigenvalue weighted by Gasteiger charge is -2.46. The van der Waals surface area contributed by atoms with Gasteiger partial charge >= 0.3 is 0 Å². The minimum absolute atomic E-state index is 0.300. The summed E-state index contributed by atoms with van der Waals surface area (Å²) in [5.74, 6) is 0.325. The Morgan fingerprint density at radius 1 is 1.20 bits per heavy atom. The highest BCUT2D eigenvalue weighted by Gasteiger charge is 2.43. The van der Waals surface area contributed by atoms with Crippen LogP contribution in [-0.2, 0) is 5.60 Å². The van der Waals surface area contributed by atoms with Crippen LogP contribution in [0.5, 0.6) is 0 Å². The summed E-state index contributed by atoms with van der Waals surface area (Å²) in [6.07, 6.45) is 1.78. The first-order valence-corrected chi connectivity index (χ1v) is 6.51. The van der Waals surface area contributed by atoms with Crippen LogP contribution in [0.1, 0.15) is 16.8 Å². The van der Waals surface area contributed by atoms with Crippen LogP contribution in [0.15, 0.2) is 30.5 Å². The molecule has 2 aromatic rings. The zero-order chi connectivity index (χ0) is 14.3. The first kappa shape index (κ1) is 13.0. The fraction of sp³-hybridized carbons (Fsp3) is 0.333. The van der Waals surface area contributed by atoms with Gasteiger partial charge in [0.1, 0.15) is 11.4 Å². The number of hydrogen-bond donors (Lipinski definition) is 1. The minimum atomic E-state index is -0.949. The van der Waals surface area contributed by atoms with Crippen LogP contribution < -0.4 is 4.90 Å². The van der Waals surface area contributed by atoms with Gasteiger partial charge in [0.05, 0.1) is 13.1 Å². The maximum atomic E-state index is 12.9. The summed E-state index contributed by atoms with van der Waals surface area (Å²) in [4.78, 5) is 10.6. The Kier molecular flexibility index (Phi) is 2.94. The van der Waals surface area contributed by atoms with E-state index in [1.165, 1.54) is 12.1 Å². The molecule has 0 unspecified atom stereocenters. The van der Waals surface area contributed by atoms with E-state index in [0.717, 1.165) is 16.8 Å². The molecule has 0 spiro atoms. The average Bonchev–Trinajstić information content (AvgIpc) is 2.39. The van der Waals surface area contributed by atoms with E-state index < -0.39 is 5.60 Å². The normalized spacial score (nSPS) is 16.9. The van der Waals surface area contributed by atoms with Gasteiger partial charge in [-0.3, -0.25) is 0 Å². The number of anilines is 1. The molecule has 104 valence electrons. The largest absolute Gasteiger partial charge is 0.381 e. The van der Waals surface area contributed by atoms with Crippen LogP contribution >= 0.6 is 0 Å². The number of aromatic nitrogens is 2. The number of rotatable bonds is 2. The fourth-order valence-corrected chi connectivity index (χ4v) is 2.34. The lowest BCUT2D eigenvalue weighted by atomic mass is 9.86. The molecule has 0 amide bonds. The van der Waals surface area contributed by atoms with Crippen molar-refractivity contribution in [1.29, 1.82) is 0 Å². The van der Waals surface area contributed by atoms with Crippen LogP contribution in [0.2, 0.25) is 0 Å². The van der Waals surface area contributed by atoms with Gasteiger partial charge in [0, 0.05) is 11.9 Å². The molecule has 0 atom stereocenters. The highest BCUT2D eigenvalue weighted by molar-refractivity contribution is 5.42. The van der Waals surface area contributed by atoms with E-state index >= 15 is 0 Å². The van der Waals surface area contributed by atoms with Crippen LogP contribution in [0, 0.1) is 19.7 Å². The second kappa shape index (κ2) is 4.52. The van der Waals surface area contributed by atoms with Crippen molar-refractivity contribution in [3.8, 4) is 0 Å². The van der Waals surface area contributed by atoms with E-state index in [1.54, 1.807) is 18.3 Å². The lowest BCUT2D eigenvalue weighted by molar-refractivity contribution is 0.00646. The number of halogens is 1. The van der Waals surface area contributed by atoms with Crippen LogP contribution in [0.4, 0.5) is 10.3 Å². The summed E-state index contributed by atoms with van der Waals surface area (Å²) in [7, 11) is 0. The number of aliphatic hydroxyl groups is 1. The molecule has 0 radical (unpaired) electrons. The average molecular weight is 273 g/mol. The first-order valence-electron chi connectivity index (χ1n) is 6.51. The third-order valence-electron chi connectivity index (χ3n) is 3.78. The number of benzene rings is 1. The summed E-state index contributed by atoms with van der Waals surface area (Å²) in [5, 5.41) is 10.5. The fourth-order valence-electron chi connectivity index (χ4n) is 2.34. The summed E-state index contributed by atoms with van der Waals surface area (Å²) in [5.41, 5.74) is 1.75. The lowest BCUT2D eigenvalue weighted by Crippen LogP contribution is -2.60. The Morgan fingerprint density at radius 3 is 2.45 bits per heavy atom. The van der Waals surface area contributed by atoms with Gasteiger partial charge in [-0.2, -0.15) is 0 Å². The molecular weight excluding hydrogens is 257 g/mol. The maximum Gasteiger partial charge on any atom is 0.225 e. The number of nitrogens with zero attached hydrogens (tertiary/aromatic N) is 3. The SMILES string of the molecule is Cc1cnc(N2CC(O)(c3ccc(F)cc3)C2)nc1C. The van der Waals surface area contributed by atoms with Gasteiger partial charge in [-0.15, -0.1) is 0 Å². The Balaban J connectivity index is 1.77. The van der Waals surface area contributed by atoms with Crippen molar-refractivity contribution in [3.63, 3.8) is 0 Å². The molecule has 0 bridgehead atoms. The van der Waals surface area contributed by atoms with Gasteiger partial charge in [0.25, 0.3) is 0 Å². The third-order valence-corrected chi connectivity index (χ3v) is 3.78. The van der Waals surface area contributed by atoms with Crippen molar-refractivity contribution in [2.45, 2.75) is 19.4 Å². The predicted molar refractivity (Wildman–Crippen MR) is 74.0 cm³/mol. The predicted octanol–water partition coefficient (Wildman–Crippen LogP) is 1.94. The second-order valence-electron chi connectivity index (χ2n) is 5.33. The molecule has 1 N–H and O–H groups in total. The molecule has 1 fully saturated rings. The van der Waals surface area contributed by atoms with Gasteiger partial charge in [-0.05, 0) is 37.1 Å². The molecule has 3 rings (SSSR count). The summed E-state index contributed by atoms with van der Waals surface area (Å²) < 4.78 is 12.9. The van der Waals surface area contributed by atoms with Gasteiger partial charge in [-0.25, -0.2) is 14.4 Å². The van der Waals surface area contributed by atoms with Gasteiger partial charge in [-0.1, -0.05) is 12.1 Å². The monoisotopic (exact) mass is 273 g/mol. The van der Waals surface area contributed by atoms with Crippen molar-refractivity contribution in [3.05, 3.63) is 53.1 Å². The Labute approximate surface area is 116 Å². The van der Waals surface area contributed by atoms with E-state index in [0.29, 0.717) is 19.0 Å². The molecule has 1 aliphatic rings. The van der Waals surface area contributed by atoms with Crippen molar-refractivity contribution in [2.24, 2.45) is 0 Å². The summed E-state index contributed by atoms with van der Waals surface area (Å²) in [6, 6.07) is 5.97. The van der Waals surface area contributed by atoms with Gasteiger partial charge in [0.2, 0.25) is 5.95 Å². The topological polar surface area (TPSA) is 49.2 Å². The smallest absolute Gasteiger partial charge is 0.225 e. The number of aryl methyl sites for hydroxylation is 2. The highest BCUT2D eigenvalue weighted by atomic mass is 19.1. The molecule has 0 aliphatic carbocycles. The molecule has 1 aromatic carbocycles. The second-order valence-corrected chi connectivity index (χ2v) is 5.33. The molecule has 1 saturated heterocycles. The molecule has 0 saturated carbocycles. The van der Waals surface area contributed by atoms with Gasteiger partial charge in [0.15, 0.2) is 0 Å². The van der Waals surface area contributed by atoms with Crippen LogP contribution in [0.3, 0.4) is 0 Å². The van der Waals surface area contributed by atoms with Crippen molar-refractivity contribution < 1.29 is 9.50 Å². The zero-order valence-corrected chi connectivity index (χ0v) is 11.5. The van der Waals surface area contributed by atoms with Crippen molar-refractivity contribution in [1.82, 2.24) is 9.97 Å². The minimum Gasteiger partial charge on any atom is -0.381 e. The first-order chi connectivity index (χ1) is 9.48. The number of hydrogen-bond acceptors (Lipinski definition) is 4. The molecular formula is C15H16FN3O. The quantitative estimate of drug-likeness (QED) is 0.908. The van der Waals surface area contributed by atoms with Gasteiger partial charge < -0.3 is 10.0 Å². The van der Waals surface area contributed by atoms with Crippen molar-refractivity contribution in [2.75, 3.05) is 18.0 Å². The van der Waals surface area contributed by atoms with E-state index in [4.69, 9.17) is 0 Å². The summed E-state index contributed by atoms with van der Waals surface area (Å²) >= 11 is 0. The highest BCUT2D eigenvalue weighted by Crippen LogP contribution is 2.34. The molecule has 1 aliphatic heterocycles. The standard InChI is InChI=1S/C15H16FN3O/c1-10-7-17-14(18-11(10)2)19-8-15(20,9-19)12-3-5-13(16)6-4-12/h3-7,20H,8-9H2,1-2H3. The Bertz CT molecular complexity index is 636. The molecule has 2 heterocycles. The van der Waals surface area contributed by atoms with Crippen molar-refractivity contribution >= 4 is 5.95 Å². The van der Waals surface area contributed by atoms with Crippen LogP contribution in [-0.4, -0.2) is 28.2 Å². The number of β-amino-alcohol motifs (C(OH)–C–C–N with tert-alkyl or cyclic N) is 1. The summed E-state index contributed by atoms with van der Waals surface area (Å²) in [6.45, 7) is 4.73. The van der Waals surface area contributed by atoms with E-state index in [2.05, 4.69) is 9.97 Å². The molecule has 1 aromatic heterocycles. The van der Waals surface area contributed by atoms with E-state index in [-0.39, 0.29) is 5.82 Å². The third kappa shape index (κ3) is 2.14. The zero-order valence-electron chi connectivity index (χ0n) is 11.5.